The Morgan fingerprint density at radius 2 is 2.35 bits per heavy atom. The Morgan fingerprint density at radius 3 is 2.94 bits per heavy atom. The van der Waals surface area contributed by atoms with Crippen molar-refractivity contribution in [2.24, 2.45) is 11.8 Å². The van der Waals surface area contributed by atoms with Crippen LogP contribution in [0.15, 0.2) is 16.7 Å². The predicted molar refractivity (Wildman–Crippen MR) is 71.3 cm³/mol. The number of halogens is 1. The molecule has 0 spiro atoms. The summed E-state index contributed by atoms with van der Waals surface area (Å²) in [5.74, 6) is 1.57. The molecule has 1 aromatic rings. The number of hydrogen-bond donors (Lipinski definition) is 1. The van der Waals surface area contributed by atoms with E-state index in [9.17, 15) is 0 Å². The summed E-state index contributed by atoms with van der Waals surface area (Å²) < 4.78 is 5.22. The Kier molecular flexibility index (Phi) is 4.52. The zero-order valence-corrected chi connectivity index (χ0v) is 11.5. The highest BCUT2D eigenvalue weighted by Gasteiger charge is 2.29. The summed E-state index contributed by atoms with van der Waals surface area (Å²) in [6, 6.07) is 2.34. The minimum absolute atomic E-state index is 0.343. The lowest BCUT2D eigenvalue weighted by Crippen LogP contribution is -2.29. The van der Waals surface area contributed by atoms with E-state index in [-0.39, 0.29) is 0 Å². The van der Waals surface area contributed by atoms with E-state index >= 15 is 0 Å². The minimum atomic E-state index is 0.343. The lowest BCUT2D eigenvalue weighted by molar-refractivity contribution is 0.214. The smallest absolute Gasteiger partial charge is 0.197 e. The van der Waals surface area contributed by atoms with Crippen LogP contribution in [0.2, 0.25) is 5.22 Å². The highest BCUT2D eigenvalue weighted by molar-refractivity contribution is 6.29. The molecule has 3 unspecified atom stereocenters. The maximum Gasteiger partial charge on any atom is 0.197 e. The fourth-order valence-electron chi connectivity index (χ4n) is 3.18. The second-order valence-electron chi connectivity index (χ2n) is 5.12. The summed E-state index contributed by atoms with van der Waals surface area (Å²) in [4.78, 5) is 0. The second kappa shape index (κ2) is 5.92. The third-order valence-corrected chi connectivity index (χ3v) is 4.47. The van der Waals surface area contributed by atoms with E-state index in [2.05, 4.69) is 12.2 Å². The molecule has 1 fully saturated rings. The molecule has 1 heterocycles. The van der Waals surface area contributed by atoms with Crippen molar-refractivity contribution >= 4 is 11.6 Å². The normalized spacial score (nSPS) is 27.0. The Balaban J connectivity index is 2.10. The van der Waals surface area contributed by atoms with Crippen LogP contribution >= 0.6 is 11.6 Å². The van der Waals surface area contributed by atoms with Crippen LogP contribution in [0.25, 0.3) is 0 Å². The predicted octanol–water partition coefficient (Wildman–Crippen LogP) is 4.41. The van der Waals surface area contributed by atoms with Gasteiger partial charge in [0, 0.05) is 11.6 Å². The molecule has 2 nitrogen and oxygen atoms in total. The molecule has 0 aromatic carbocycles. The number of furan rings is 1. The van der Waals surface area contributed by atoms with E-state index in [0.717, 1.165) is 11.5 Å². The third-order valence-electron chi connectivity index (χ3n) is 4.16. The van der Waals surface area contributed by atoms with Crippen LogP contribution < -0.4 is 5.32 Å². The Labute approximate surface area is 109 Å². The summed E-state index contributed by atoms with van der Waals surface area (Å²) >= 11 is 6.10. The molecule has 2 rings (SSSR count). The first kappa shape index (κ1) is 13.0. The van der Waals surface area contributed by atoms with Crippen molar-refractivity contribution in [3.63, 3.8) is 0 Å². The van der Waals surface area contributed by atoms with Gasteiger partial charge in [0.05, 0.1) is 6.26 Å². The molecule has 1 saturated carbocycles. The number of rotatable bonds is 4. The van der Waals surface area contributed by atoms with Gasteiger partial charge in [-0.15, -0.1) is 0 Å². The molecule has 17 heavy (non-hydrogen) atoms. The quantitative estimate of drug-likeness (QED) is 0.862. The van der Waals surface area contributed by atoms with Crippen molar-refractivity contribution in [3.05, 3.63) is 23.1 Å². The van der Waals surface area contributed by atoms with Crippen LogP contribution in [0, 0.1) is 11.8 Å². The Morgan fingerprint density at radius 1 is 1.53 bits per heavy atom. The third kappa shape index (κ3) is 2.86. The molecule has 1 aliphatic rings. The van der Waals surface area contributed by atoms with Gasteiger partial charge in [0.1, 0.15) is 0 Å². The molecular weight excluding hydrogens is 234 g/mol. The van der Waals surface area contributed by atoms with Gasteiger partial charge >= 0.3 is 0 Å². The molecule has 0 bridgehead atoms. The lowest BCUT2D eigenvalue weighted by Gasteiger charge is -2.34. The molecule has 3 atom stereocenters. The average Bonchev–Trinajstić information content (AvgIpc) is 2.77. The standard InChI is InChI=1S/C14H22ClNO/c1-3-10-5-4-6-11(9-10)13(16-2)12-7-8-17-14(12)15/h7-8,10-11,13,16H,3-6,9H2,1-2H3. The van der Waals surface area contributed by atoms with Crippen LogP contribution in [0.3, 0.4) is 0 Å². The Bertz CT molecular complexity index is 350. The summed E-state index contributed by atoms with van der Waals surface area (Å²) in [6.45, 7) is 2.30. The lowest BCUT2D eigenvalue weighted by atomic mass is 9.75. The van der Waals surface area contributed by atoms with Gasteiger partial charge in [-0.1, -0.05) is 26.2 Å². The van der Waals surface area contributed by atoms with Crippen LogP contribution in [-0.4, -0.2) is 7.05 Å². The number of hydrogen-bond acceptors (Lipinski definition) is 2. The van der Waals surface area contributed by atoms with Gasteiger partial charge in [-0.2, -0.15) is 0 Å². The maximum absolute atomic E-state index is 6.10. The molecule has 0 aliphatic heterocycles. The molecule has 1 aliphatic carbocycles. The van der Waals surface area contributed by atoms with Crippen molar-refractivity contribution in [1.82, 2.24) is 5.32 Å². The molecule has 0 radical (unpaired) electrons. The van der Waals surface area contributed by atoms with E-state index in [1.807, 2.05) is 13.1 Å². The topological polar surface area (TPSA) is 25.2 Å². The van der Waals surface area contributed by atoms with Crippen LogP contribution in [0.4, 0.5) is 0 Å². The SMILES string of the molecule is CCC1CCCC(C(NC)c2ccoc2Cl)C1. The summed E-state index contributed by atoms with van der Waals surface area (Å²) in [5.41, 5.74) is 1.12. The van der Waals surface area contributed by atoms with E-state index in [0.29, 0.717) is 17.2 Å². The van der Waals surface area contributed by atoms with Gasteiger partial charge in [0.15, 0.2) is 5.22 Å². The van der Waals surface area contributed by atoms with Gasteiger partial charge in [0.2, 0.25) is 0 Å². The van der Waals surface area contributed by atoms with Crippen molar-refractivity contribution in [2.75, 3.05) is 7.05 Å². The van der Waals surface area contributed by atoms with Gasteiger partial charge in [-0.25, -0.2) is 0 Å². The van der Waals surface area contributed by atoms with E-state index in [1.54, 1.807) is 6.26 Å². The highest BCUT2D eigenvalue weighted by atomic mass is 35.5. The van der Waals surface area contributed by atoms with E-state index in [1.165, 1.54) is 32.1 Å². The van der Waals surface area contributed by atoms with Gasteiger partial charge in [0.25, 0.3) is 0 Å². The molecule has 1 aromatic heterocycles. The first-order valence-corrected chi connectivity index (χ1v) is 7.04. The molecule has 96 valence electrons. The van der Waals surface area contributed by atoms with E-state index < -0.39 is 0 Å². The van der Waals surface area contributed by atoms with Gasteiger partial charge in [-0.05, 0) is 49.4 Å². The van der Waals surface area contributed by atoms with Crippen LogP contribution in [-0.2, 0) is 0 Å². The maximum atomic E-state index is 6.10. The summed E-state index contributed by atoms with van der Waals surface area (Å²) in [6.07, 6.45) is 8.32. The first-order chi connectivity index (χ1) is 8.26. The molecule has 3 heteroatoms. The van der Waals surface area contributed by atoms with Gasteiger partial charge < -0.3 is 9.73 Å². The molecule has 1 N–H and O–H groups in total. The zero-order valence-electron chi connectivity index (χ0n) is 10.7. The molecule has 0 amide bonds. The zero-order chi connectivity index (χ0) is 12.3. The first-order valence-electron chi connectivity index (χ1n) is 6.66. The fourth-order valence-corrected chi connectivity index (χ4v) is 3.41. The van der Waals surface area contributed by atoms with Gasteiger partial charge in [-0.3, -0.25) is 0 Å². The molecular formula is C14H22ClNO. The highest BCUT2D eigenvalue weighted by Crippen LogP contribution is 2.40. The monoisotopic (exact) mass is 255 g/mol. The van der Waals surface area contributed by atoms with Crippen molar-refractivity contribution in [3.8, 4) is 0 Å². The fraction of sp³-hybridized carbons (Fsp3) is 0.714. The van der Waals surface area contributed by atoms with Crippen LogP contribution in [0.1, 0.15) is 50.6 Å². The van der Waals surface area contributed by atoms with Crippen molar-refractivity contribution in [2.45, 2.75) is 45.1 Å². The van der Waals surface area contributed by atoms with Crippen LogP contribution in [0.5, 0.6) is 0 Å². The summed E-state index contributed by atoms with van der Waals surface area (Å²) in [5, 5.41) is 3.96. The number of nitrogens with one attached hydrogen (secondary N) is 1. The second-order valence-corrected chi connectivity index (χ2v) is 5.46. The largest absolute Gasteiger partial charge is 0.453 e. The van der Waals surface area contributed by atoms with Crippen molar-refractivity contribution < 1.29 is 4.42 Å². The Hall–Kier alpha value is -0.470. The summed E-state index contributed by atoms with van der Waals surface area (Å²) in [7, 11) is 2.02. The van der Waals surface area contributed by atoms with E-state index in [4.69, 9.17) is 16.0 Å². The average molecular weight is 256 g/mol. The van der Waals surface area contributed by atoms with Crippen molar-refractivity contribution in [1.29, 1.82) is 0 Å². The molecule has 0 saturated heterocycles. The minimum Gasteiger partial charge on any atom is -0.453 e.